The summed E-state index contributed by atoms with van der Waals surface area (Å²) < 4.78 is 0. The lowest BCUT2D eigenvalue weighted by Crippen LogP contribution is -2.38. The number of aryl methyl sites for hydroxylation is 2. The van der Waals surface area contributed by atoms with Crippen LogP contribution in [0.2, 0.25) is 0 Å². The molecule has 96 valence electrons. The Morgan fingerprint density at radius 1 is 1.35 bits per heavy atom. The first-order valence-electron chi connectivity index (χ1n) is 6.73. The van der Waals surface area contributed by atoms with Gasteiger partial charge in [-0.2, -0.15) is 0 Å². The molecule has 1 aromatic rings. The lowest BCUT2D eigenvalue weighted by molar-refractivity contribution is 0.317. The van der Waals surface area contributed by atoms with E-state index < -0.39 is 0 Å². The molecule has 0 aromatic carbocycles. The van der Waals surface area contributed by atoms with E-state index in [1.54, 1.807) is 0 Å². The van der Waals surface area contributed by atoms with Gasteiger partial charge in [-0.15, -0.1) is 11.3 Å². The summed E-state index contributed by atoms with van der Waals surface area (Å²) in [7, 11) is 2.06. The van der Waals surface area contributed by atoms with E-state index in [-0.39, 0.29) is 5.54 Å². The molecule has 0 aliphatic heterocycles. The van der Waals surface area contributed by atoms with Gasteiger partial charge in [0.1, 0.15) is 5.01 Å². The van der Waals surface area contributed by atoms with Crippen molar-refractivity contribution in [2.24, 2.45) is 5.92 Å². The highest BCUT2D eigenvalue weighted by molar-refractivity contribution is 7.11. The van der Waals surface area contributed by atoms with Crippen LogP contribution in [-0.4, -0.2) is 12.0 Å². The highest BCUT2D eigenvalue weighted by Gasteiger charge is 2.30. The second-order valence-electron chi connectivity index (χ2n) is 5.78. The molecule has 17 heavy (non-hydrogen) atoms. The van der Waals surface area contributed by atoms with Crippen LogP contribution in [0, 0.1) is 5.92 Å². The molecule has 0 saturated carbocycles. The molecule has 1 heterocycles. The molecule has 2 rings (SSSR count). The highest BCUT2D eigenvalue weighted by Crippen LogP contribution is 2.35. The molecule has 1 aliphatic rings. The topological polar surface area (TPSA) is 24.9 Å². The normalized spacial score (nSPS) is 19.1. The summed E-state index contributed by atoms with van der Waals surface area (Å²) in [6.45, 7) is 6.85. The van der Waals surface area contributed by atoms with E-state index >= 15 is 0 Å². The van der Waals surface area contributed by atoms with Crippen LogP contribution in [0.1, 0.15) is 55.6 Å². The standard InChI is InChI=1S/C14H24N2S/c1-10(2)9-14(3,15-4)13-16-11-7-5-6-8-12(11)17-13/h10,15H,5-9H2,1-4H3. The average Bonchev–Trinajstić information content (AvgIpc) is 2.72. The van der Waals surface area contributed by atoms with Gasteiger partial charge in [0, 0.05) is 4.88 Å². The van der Waals surface area contributed by atoms with Crippen LogP contribution in [-0.2, 0) is 18.4 Å². The summed E-state index contributed by atoms with van der Waals surface area (Å²) in [5, 5.41) is 4.78. The third kappa shape index (κ3) is 2.71. The van der Waals surface area contributed by atoms with E-state index in [1.165, 1.54) is 41.3 Å². The first-order valence-corrected chi connectivity index (χ1v) is 7.55. The van der Waals surface area contributed by atoms with Crippen LogP contribution in [0.25, 0.3) is 0 Å². The maximum Gasteiger partial charge on any atom is 0.113 e. The minimum Gasteiger partial charge on any atom is -0.309 e. The van der Waals surface area contributed by atoms with Gasteiger partial charge in [0.2, 0.25) is 0 Å². The van der Waals surface area contributed by atoms with Crippen molar-refractivity contribution in [3.8, 4) is 0 Å². The second kappa shape index (κ2) is 5.07. The summed E-state index contributed by atoms with van der Waals surface area (Å²) in [4.78, 5) is 6.44. The predicted molar refractivity (Wildman–Crippen MR) is 74.6 cm³/mol. The number of hydrogen-bond donors (Lipinski definition) is 1. The van der Waals surface area contributed by atoms with Gasteiger partial charge in [-0.05, 0) is 52.0 Å². The van der Waals surface area contributed by atoms with Gasteiger partial charge in [0.15, 0.2) is 0 Å². The number of aromatic nitrogens is 1. The van der Waals surface area contributed by atoms with Gasteiger partial charge >= 0.3 is 0 Å². The van der Waals surface area contributed by atoms with Crippen molar-refractivity contribution in [2.45, 2.75) is 58.4 Å². The fourth-order valence-corrected chi connectivity index (χ4v) is 4.01. The van der Waals surface area contributed by atoms with Gasteiger partial charge in [-0.25, -0.2) is 4.98 Å². The van der Waals surface area contributed by atoms with E-state index in [4.69, 9.17) is 4.98 Å². The molecule has 0 fully saturated rings. The Morgan fingerprint density at radius 2 is 2.06 bits per heavy atom. The van der Waals surface area contributed by atoms with E-state index in [0.29, 0.717) is 5.92 Å². The molecular formula is C14H24N2S. The largest absolute Gasteiger partial charge is 0.309 e. The van der Waals surface area contributed by atoms with Gasteiger partial charge < -0.3 is 5.32 Å². The van der Waals surface area contributed by atoms with Gasteiger partial charge in [0.25, 0.3) is 0 Å². The SMILES string of the molecule is CNC(C)(CC(C)C)c1nc2c(s1)CCCC2. The summed E-state index contributed by atoms with van der Waals surface area (Å²) in [6, 6.07) is 0. The number of hydrogen-bond acceptors (Lipinski definition) is 3. The van der Waals surface area contributed by atoms with Crippen LogP contribution in [0.15, 0.2) is 0 Å². The summed E-state index contributed by atoms with van der Waals surface area (Å²) in [6.07, 6.45) is 6.24. The molecule has 0 bridgehead atoms. The minimum atomic E-state index is 0.0518. The Labute approximate surface area is 109 Å². The lowest BCUT2D eigenvalue weighted by Gasteiger charge is -2.28. The Bertz CT molecular complexity index is 360. The van der Waals surface area contributed by atoms with Gasteiger partial charge in [0.05, 0.1) is 11.2 Å². The van der Waals surface area contributed by atoms with Crippen molar-refractivity contribution in [1.29, 1.82) is 0 Å². The molecular weight excluding hydrogens is 228 g/mol. The molecule has 2 nitrogen and oxygen atoms in total. The maximum absolute atomic E-state index is 4.90. The molecule has 1 aromatic heterocycles. The van der Waals surface area contributed by atoms with Crippen molar-refractivity contribution in [3.63, 3.8) is 0 Å². The van der Waals surface area contributed by atoms with E-state index in [1.807, 2.05) is 11.3 Å². The monoisotopic (exact) mass is 252 g/mol. The zero-order valence-electron chi connectivity index (χ0n) is 11.5. The zero-order valence-corrected chi connectivity index (χ0v) is 12.3. The van der Waals surface area contributed by atoms with Crippen molar-refractivity contribution in [3.05, 3.63) is 15.6 Å². The third-order valence-corrected chi connectivity index (χ3v) is 5.11. The number of fused-ring (bicyclic) bond motifs is 1. The van der Waals surface area contributed by atoms with Crippen LogP contribution in [0.4, 0.5) is 0 Å². The zero-order chi connectivity index (χ0) is 12.5. The minimum absolute atomic E-state index is 0.0518. The molecule has 1 atom stereocenters. The fourth-order valence-electron chi connectivity index (χ4n) is 2.70. The lowest BCUT2D eigenvalue weighted by atomic mass is 9.91. The average molecular weight is 252 g/mol. The molecule has 0 spiro atoms. The van der Waals surface area contributed by atoms with Crippen LogP contribution >= 0.6 is 11.3 Å². The van der Waals surface area contributed by atoms with Crippen molar-refractivity contribution < 1.29 is 0 Å². The Balaban J connectivity index is 2.27. The summed E-state index contributed by atoms with van der Waals surface area (Å²) in [5.74, 6) is 0.688. The number of rotatable bonds is 4. The Hall–Kier alpha value is -0.410. The summed E-state index contributed by atoms with van der Waals surface area (Å²) >= 11 is 1.94. The van der Waals surface area contributed by atoms with Gasteiger partial charge in [-0.3, -0.25) is 0 Å². The maximum atomic E-state index is 4.90. The molecule has 1 aliphatic carbocycles. The second-order valence-corrected chi connectivity index (χ2v) is 6.86. The van der Waals surface area contributed by atoms with Crippen molar-refractivity contribution >= 4 is 11.3 Å². The quantitative estimate of drug-likeness (QED) is 0.887. The number of thiazole rings is 1. The van der Waals surface area contributed by atoms with Gasteiger partial charge in [-0.1, -0.05) is 13.8 Å². The van der Waals surface area contributed by atoms with Crippen LogP contribution in [0.5, 0.6) is 0 Å². The fraction of sp³-hybridized carbons (Fsp3) is 0.786. The van der Waals surface area contributed by atoms with Crippen LogP contribution in [0.3, 0.4) is 0 Å². The molecule has 0 saturated heterocycles. The summed E-state index contributed by atoms with van der Waals surface area (Å²) in [5.41, 5.74) is 1.43. The van der Waals surface area contributed by atoms with E-state index in [2.05, 4.69) is 33.1 Å². The molecule has 1 unspecified atom stereocenters. The smallest absolute Gasteiger partial charge is 0.113 e. The van der Waals surface area contributed by atoms with Crippen molar-refractivity contribution in [1.82, 2.24) is 10.3 Å². The van der Waals surface area contributed by atoms with Crippen LogP contribution < -0.4 is 5.32 Å². The number of nitrogens with zero attached hydrogens (tertiary/aromatic N) is 1. The third-order valence-electron chi connectivity index (χ3n) is 3.69. The predicted octanol–water partition coefficient (Wildman–Crippen LogP) is 3.50. The first-order chi connectivity index (χ1) is 8.05. The molecule has 1 N–H and O–H groups in total. The Kier molecular flexibility index (Phi) is 3.88. The Morgan fingerprint density at radius 3 is 2.65 bits per heavy atom. The number of nitrogens with one attached hydrogen (secondary N) is 1. The highest BCUT2D eigenvalue weighted by atomic mass is 32.1. The molecule has 0 radical (unpaired) electrons. The molecule has 0 amide bonds. The van der Waals surface area contributed by atoms with Crippen molar-refractivity contribution in [2.75, 3.05) is 7.05 Å². The van der Waals surface area contributed by atoms with E-state index in [0.717, 1.165) is 6.42 Å². The molecule has 3 heteroatoms. The van der Waals surface area contributed by atoms with E-state index in [9.17, 15) is 0 Å². The first kappa shape index (κ1) is 13.0.